The van der Waals surface area contributed by atoms with Crippen molar-refractivity contribution in [2.75, 3.05) is 0 Å². The number of ether oxygens (including phenoxy) is 1. The summed E-state index contributed by atoms with van der Waals surface area (Å²) >= 11 is 0. The summed E-state index contributed by atoms with van der Waals surface area (Å²) in [7, 11) is 0. The molecule has 0 aromatic heterocycles. The molecular formula is C27H34F3NO3. The Kier molecular flexibility index (Phi) is 6.62. The Morgan fingerprint density at radius 1 is 1.15 bits per heavy atom. The first-order chi connectivity index (χ1) is 15.9. The van der Waals surface area contributed by atoms with Gasteiger partial charge in [-0.1, -0.05) is 39.0 Å². The number of hydrogen-bond acceptors (Lipinski definition) is 3. The Morgan fingerprint density at radius 3 is 2.38 bits per heavy atom. The Balaban J connectivity index is 1.62. The highest BCUT2D eigenvalue weighted by Gasteiger charge is 2.52. The minimum Gasteiger partial charge on any atom is -0.490 e. The standard InChI is InChI=1S/C27H34F3NO3/c1-15-5-10-19(11-6-15)34-22-12-9-17-7-8-18(13-20(17)24(22)27(28,29)30)16(2)31-23-14-21(25(32)33)26(23,3)4/h7-9,12-13,15-16,19,21,23,31H,5-6,10-11,14H2,1-4H3,(H,32,33)/t15?,16-,19?,21+,23-/m0/s1. The van der Waals surface area contributed by atoms with E-state index in [1.165, 1.54) is 6.07 Å². The lowest BCUT2D eigenvalue weighted by Crippen LogP contribution is -2.59. The number of hydrogen-bond donors (Lipinski definition) is 2. The number of benzene rings is 2. The van der Waals surface area contributed by atoms with Crippen molar-refractivity contribution >= 4 is 16.7 Å². The number of alkyl halides is 3. The van der Waals surface area contributed by atoms with Crippen molar-refractivity contribution < 1.29 is 27.8 Å². The van der Waals surface area contributed by atoms with Crippen molar-refractivity contribution in [2.24, 2.45) is 17.3 Å². The van der Waals surface area contributed by atoms with Crippen LogP contribution in [0.4, 0.5) is 13.2 Å². The summed E-state index contributed by atoms with van der Waals surface area (Å²) in [4.78, 5) is 11.4. The van der Waals surface area contributed by atoms with Gasteiger partial charge in [0, 0.05) is 12.1 Å². The molecule has 186 valence electrons. The number of nitrogens with one attached hydrogen (secondary N) is 1. The molecule has 3 atom stereocenters. The minimum atomic E-state index is -4.54. The van der Waals surface area contributed by atoms with Crippen LogP contribution in [0.1, 0.15) is 77.0 Å². The average molecular weight is 478 g/mol. The van der Waals surface area contributed by atoms with E-state index in [0.29, 0.717) is 17.7 Å². The monoisotopic (exact) mass is 477 g/mol. The van der Waals surface area contributed by atoms with Crippen LogP contribution in [0.15, 0.2) is 30.3 Å². The van der Waals surface area contributed by atoms with Gasteiger partial charge in [-0.3, -0.25) is 4.79 Å². The van der Waals surface area contributed by atoms with Crippen molar-refractivity contribution in [1.82, 2.24) is 5.32 Å². The molecule has 2 aliphatic rings. The molecule has 2 fully saturated rings. The lowest BCUT2D eigenvalue weighted by Gasteiger charge is -2.51. The van der Waals surface area contributed by atoms with Crippen LogP contribution >= 0.6 is 0 Å². The molecule has 4 rings (SSSR count). The quantitative estimate of drug-likeness (QED) is 0.472. The number of carbonyl (C=O) groups is 1. The smallest absolute Gasteiger partial charge is 0.420 e. The van der Waals surface area contributed by atoms with E-state index in [1.807, 2.05) is 26.8 Å². The summed E-state index contributed by atoms with van der Waals surface area (Å²) in [6.07, 6.45) is -0.761. The van der Waals surface area contributed by atoms with Gasteiger partial charge in [-0.25, -0.2) is 0 Å². The highest BCUT2D eigenvalue weighted by atomic mass is 19.4. The minimum absolute atomic E-state index is 0.0234. The molecule has 0 aliphatic heterocycles. The van der Waals surface area contributed by atoms with Gasteiger partial charge in [0.05, 0.1) is 12.0 Å². The third-order valence-electron chi connectivity index (χ3n) is 8.06. The van der Waals surface area contributed by atoms with Gasteiger partial charge in [0.15, 0.2) is 0 Å². The fourth-order valence-corrected chi connectivity index (χ4v) is 5.53. The first-order valence-electron chi connectivity index (χ1n) is 12.2. The first kappa shape index (κ1) is 24.8. The molecule has 34 heavy (non-hydrogen) atoms. The zero-order valence-electron chi connectivity index (χ0n) is 20.2. The average Bonchev–Trinajstić information content (AvgIpc) is 2.76. The number of rotatable bonds is 6. The Labute approximate surface area is 198 Å². The summed E-state index contributed by atoms with van der Waals surface area (Å²) in [5.74, 6) is -0.743. The highest BCUT2D eigenvalue weighted by Crippen LogP contribution is 2.47. The predicted molar refractivity (Wildman–Crippen MR) is 126 cm³/mol. The molecule has 0 heterocycles. The highest BCUT2D eigenvalue weighted by molar-refractivity contribution is 5.89. The zero-order chi connectivity index (χ0) is 24.8. The summed E-state index contributed by atoms with van der Waals surface area (Å²) in [6.45, 7) is 7.90. The van der Waals surface area contributed by atoms with E-state index in [-0.39, 0.29) is 29.3 Å². The van der Waals surface area contributed by atoms with Crippen molar-refractivity contribution in [2.45, 2.75) is 84.2 Å². The van der Waals surface area contributed by atoms with Crippen LogP contribution in [0, 0.1) is 17.3 Å². The SMILES string of the molecule is CC1CCC(Oc2ccc3ccc([C@H](C)N[C@H]4C[C@H](C(=O)O)C4(C)C)cc3c2C(F)(F)F)CC1. The second-order valence-corrected chi connectivity index (χ2v) is 10.8. The number of halogens is 3. The second kappa shape index (κ2) is 9.06. The molecule has 2 N–H and O–H groups in total. The molecule has 2 aromatic carbocycles. The number of aliphatic carboxylic acids is 1. The summed E-state index contributed by atoms with van der Waals surface area (Å²) in [5.41, 5.74) is -0.407. The fraction of sp³-hybridized carbons (Fsp3) is 0.593. The molecule has 4 nitrogen and oxygen atoms in total. The maximum absolute atomic E-state index is 14.3. The van der Waals surface area contributed by atoms with Crippen LogP contribution in [-0.4, -0.2) is 23.2 Å². The van der Waals surface area contributed by atoms with Gasteiger partial charge in [-0.15, -0.1) is 0 Å². The Hall–Kier alpha value is -2.28. The molecule has 2 saturated carbocycles. The lowest BCUT2D eigenvalue weighted by molar-refractivity contribution is -0.155. The van der Waals surface area contributed by atoms with Crippen molar-refractivity contribution in [1.29, 1.82) is 0 Å². The van der Waals surface area contributed by atoms with Gasteiger partial charge in [0.2, 0.25) is 0 Å². The number of fused-ring (bicyclic) bond motifs is 1. The van der Waals surface area contributed by atoms with Gasteiger partial charge in [-0.05, 0) is 78.8 Å². The third kappa shape index (κ3) is 4.77. The number of carboxylic acids is 1. The van der Waals surface area contributed by atoms with E-state index < -0.39 is 29.0 Å². The van der Waals surface area contributed by atoms with E-state index in [2.05, 4.69) is 12.2 Å². The van der Waals surface area contributed by atoms with E-state index in [1.54, 1.807) is 18.2 Å². The third-order valence-corrected chi connectivity index (χ3v) is 8.06. The van der Waals surface area contributed by atoms with Crippen LogP contribution in [0.2, 0.25) is 0 Å². The summed E-state index contributed by atoms with van der Waals surface area (Å²) in [6, 6.07) is 8.05. The lowest BCUT2D eigenvalue weighted by atomic mass is 9.58. The molecule has 0 saturated heterocycles. The summed E-state index contributed by atoms with van der Waals surface area (Å²) in [5, 5.41) is 13.5. The molecule has 0 radical (unpaired) electrons. The van der Waals surface area contributed by atoms with E-state index in [4.69, 9.17) is 4.74 Å². The maximum Gasteiger partial charge on any atom is 0.420 e. The van der Waals surface area contributed by atoms with Crippen LogP contribution in [0.25, 0.3) is 10.8 Å². The Morgan fingerprint density at radius 2 is 1.79 bits per heavy atom. The van der Waals surface area contributed by atoms with Crippen LogP contribution in [0.5, 0.6) is 5.75 Å². The second-order valence-electron chi connectivity index (χ2n) is 10.8. The molecule has 7 heteroatoms. The van der Waals surface area contributed by atoms with Gasteiger partial charge in [-0.2, -0.15) is 13.2 Å². The first-order valence-corrected chi connectivity index (χ1v) is 12.2. The normalized spacial score (nSPS) is 27.7. The summed E-state index contributed by atoms with van der Waals surface area (Å²) < 4.78 is 48.7. The topological polar surface area (TPSA) is 58.6 Å². The maximum atomic E-state index is 14.3. The molecule has 0 amide bonds. The predicted octanol–water partition coefficient (Wildman–Crippen LogP) is 6.97. The van der Waals surface area contributed by atoms with Crippen LogP contribution in [0.3, 0.4) is 0 Å². The molecule has 0 unspecified atom stereocenters. The zero-order valence-corrected chi connectivity index (χ0v) is 20.2. The molecule has 2 aliphatic carbocycles. The van der Waals surface area contributed by atoms with E-state index >= 15 is 0 Å². The van der Waals surface area contributed by atoms with Crippen LogP contribution in [-0.2, 0) is 11.0 Å². The number of carboxylic acid groups (broad SMARTS) is 1. The van der Waals surface area contributed by atoms with Gasteiger partial charge in [0.25, 0.3) is 0 Å². The molecule has 2 aromatic rings. The molecular weight excluding hydrogens is 443 g/mol. The molecule has 0 bridgehead atoms. The molecule has 0 spiro atoms. The van der Waals surface area contributed by atoms with Crippen molar-refractivity contribution in [3.05, 3.63) is 41.5 Å². The van der Waals surface area contributed by atoms with Crippen molar-refractivity contribution in [3.63, 3.8) is 0 Å². The van der Waals surface area contributed by atoms with Gasteiger partial charge < -0.3 is 15.2 Å². The van der Waals surface area contributed by atoms with E-state index in [9.17, 15) is 23.1 Å². The fourth-order valence-electron chi connectivity index (χ4n) is 5.53. The van der Waals surface area contributed by atoms with E-state index in [0.717, 1.165) is 31.2 Å². The van der Waals surface area contributed by atoms with Gasteiger partial charge in [0.1, 0.15) is 11.3 Å². The van der Waals surface area contributed by atoms with Gasteiger partial charge >= 0.3 is 12.1 Å². The van der Waals surface area contributed by atoms with Crippen LogP contribution < -0.4 is 10.1 Å². The van der Waals surface area contributed by atoms with Crippen molar-refractivity contribution in [3.8, 4) is 5.75 Å². The Bertz CT molecular complexity index is 1060. The largest absolute Gasteiger partial charge is 0.490 e.